The molecule has 0 fully saturated rings. The van der Waals surface area contributed by atoms with Crippen LogP contribution in [0.3, 0.4) is 0 Å². The number of anilines is 2. The molecule has 0 aromatic heterocycles. The van der Waals surface area contributed by atoms with Crippen molar-refractivity contribution in [2.75, 3.05) is 37.8 Å². The van der Waals surface area contributed by atoms with E-state index in [1.54, 1.807) is 24.1 Å². The highest BCUT2D eigenvalue weighted by Gasteiger charge is 2.22. The molecule has 0 atom stereocenters. The summed E-state index contributed by atoms with van der Waals surface area (Å²) in [5.41, 5.74) is 6.50. The number of benzene rings is 1. The average Bonchev–Trinajstić information content (AvgIpc) is 2.46. The number of hydrogen-bond acceptors (Lipinski definition) is 5. The van der Waals surface area contributed by atoms with Gasteiger partial charge in [-0.05, 0) is 31.7 Å². The van der Waals surface area contributed by atoms with E-state index in [2.05, 4.69) is 10.0 Å². The maximum atomic E-state index is 12.1. The minimum absolute atomic E-state index is 0.0716. The molecule has 118 valence electrons. The number of carbonyl (C=O) groups excluding carboxylic acids is 1. The number of carbonyl (C=O) groups is 1. The molecule has 1 rings (SSSR count). The Morgan fingerprint density at radius 1 is 1.33 bits per heavy atom. The Kier molecular flexibility index (Phi) is 5.98. The van der Waals surface area contributed by atoms with Gasteiger partial charge >= 0.3 is 0 Å². The summed E-state index contributed by atoms with van der Waals surface area (Å²) in [4.78, 5) is 13.4. The summed E-state index contributed by atoms with van der Waals surface area (Å²) in [5, 5.41) is 2.54. The fourth-order valence-corrected chi connectivity index (χ4v) is 2.91. The molecular formula is C13H22N4O3S. The van der Waals surface area contributed by atoms with E-state index >= 15 is 0 Å². The van der Waals surface area contributed by atoms with Crippen LogP contribution in [0, 0.1) is 0 Å². The first-order chi connectivity index (χ1) is 9.85. The molecule has 7 nitrogen and oxygen atoms in total. The first-order valence-electron chi connectivity index (χ1n) is 6.64. The highest BCUT2D eigenvalue weighted by molar-refractivity contribution is 7.89. The number of nitrogens with one attached hydrogen (secondary N) is 2. The number of rotatable bonds is 7. The molecule has 0 aliphatic rings. The third-order valence-electron chi connectivity index (χ3n) is 2.99. The van der Waals surface area contributed by atoms with Crippen LogP contribution in [0.25, 0.3) is 0 Å². The number of nitrogen functional groups attached to an aromatic ring is 1. The smallest absolute Gasteiger partial charge is 0.242 e. The van der Waals surface area contributed by atoms with Crippen molar-refractivity contribution in [1.29, 1.82) is 0 Å². The zero-order valence-corrected chi connectivity index (χ0v) is 13.3. The number of amides is 1. The third-order valence-corrected chi connectivity index (χ3v) is 4.43. The monoisotopic (exact) mass is 314 g/mol. The predicted molar refractivity (Wildman–Crippen MR) is 83.7 cm³/mol. The second kappa shape index (κ2) is 7.28. The summed E-state index contributed by atoms with van der Waals surface area (Å²) in [6.07, 6.45) is 0.778. The van der Waals surface area contributed by atoms with Gasteiger partial charge in [0.25, 0.3) is 0 Å². The van der Waals surface area contributed by atoms with E-state index in [-0.39, 0.29) is 17.3 Å². The van der Waals surface area contributed by atoms with Gasteiger partial charge in [0.15, 0.2) is 0 Å². The van der Waals surface area contributed by atoms with E-state index in [9.17, 15) is 13.2 Å². The molecule has 0 bridgehead atoms. The van der Waals surface area contributed by atoms with E-state index in [1.165, 1.54) is 13.1 Å². The van der Waals surface area contributed by atoms with Crippen LogP contribution >= 0.6 is 0 Å². The number of nitrogens with two attached hydrogens (primary N) is 1. The molecule has 0 aliphatic heterocycles. The highest BCUT2D eigenvalue weighted by atomic mass is 32.2. The summed E-state index contributed by atoms with van der Waals surface area (Å²) in [6, 6.07) is 4.64. The number of nitrogens with zero attached hydrogens (tertiary/aromatic N) is 1. The van der Waals surface area contributed by atoms with Crippen LogP contribution in [0.2, 0.25) is 0 Å². The lowest BCUT2D eigenvalue weighted by atomic mass is 10.2. The maximum absolute atomic E-state index is 12.1. The Balaban J connectivity index is 3.34. The van der Waals surface area contributed by atoms with Crippen LogP contribution in [0.4, 0.5) is 11.4 Å². The molecule has 1 aromatic carbocycles. The van der Waals surface area contributed by atoms with Gasteiger partial charge in [-0.1, -0.05) is 6.92 Å². The summed E-state index contributed by atoms with van der Waals surface area (Å²) in [5.74, 6) is -0.187. The van der Waals surface area contributed by atoms with Crippen molar-refractivity contribution >= 4 is 27.3 Å². The molecule has 4 N–H and O–H groups in total. The van der Waals surface area contributed by atoms with Gasteiger partial charge in [-0.2, -0.15) is 0 Å². The van der Waals surface area contributed by atoms with Crippen LogP contribution < -0.4 is 20.7 Å². The normalized spacial score (nSPS) is 11.2. The zero-order valence-electron chi connectivity index (χ0n) is 12.5. The molecule has 0 unspecified atom stereocenters. The van der Waals surface area contributed by atoms with Gasteiger partial charge in [-0.25, -0.2) is 13.1 Å². The lowest BCUT2D eigenvalue weighted by Gasteiger charge is -2.26. The number of likely N-dealkylation sites (N-methyl/N-ethyl adjacent to an activating group) is 1. The van der Waals surface area contributed by atoms with Crippen LogP contribution in [0.1, 0.15) is 13.3 Å². The molecule has 0 saturated heterocycles. The van der Waals surface area contributed by atoms with E-state index in [1.807, 2.05) is 6.92 Å². The molecule has 21 heavy (non-hydrogen) atoms. The number of hydrogen-bond donors (Lipinski definition) is 3. The van der Waals surface area contributed by atoms with Gasteiger partial charge in [0.1, 0.15) is 4.90 Å². The van der Waals surface area contributed by atoms with Crippen LogP contribution in [-0.2, 0) is 14.8 Å². The van der Waals surface area contributed by atoms with Crippen molar-refractivity contribution in [1.82, 2.24) is 10.0 Å². The fraction of sp³-hybridized carbons (Fsp3) is 0.462. The molecule has 8 heteroatoms. The molecule has 0 radical (unpaired) electrons. The zero-order chi connectivity index (χ0) is 16.0. The maximum Gasteiger partial charge on any atom is 0.242 e. The van der Waals surface area contributed by atoms with Crippen molar-refractivity contribution < 1.29 is 13.2 Å². The van der Waals surface area contributed by atoms with Gasteiger partial charge in [0, 0.05) is 19.3 Å². The quantitative estimate of drug-likeness (QED) is 0.621. The van der Waals surface area contributed by atoms with E-state index in [0.29, 0.717) is 17.9 Å². The minimum Gasteiger partial charge on any atom is -0.399 e. The Morgan fingerprint density at radius 3 is 2.52 bits per heavy atom. The van der Waals surface area contributed by atoms with Crippen molar-refractivity contribution in [2.24, 2.45) is 0 Å². The van der Waals surface area contributed by atoms with E-state index in [0.717, 1.165) is 6.42 Å². The van der Waals surface area contributed by atoms with E-state index < -0.39 is 10.0 Å². The molecular weight excluding hydrogens is 292 g/mol. The van der Waals surface area contributed by atoms with E-state index in [4.69, 9.17) is 5.73 Å². The molecule has 0 heterocycles. The highest BCUT2D eigenvalue weighted by Crippen LogP contribution is 2.27. The number of sulfonamides is 1. The molecule has 0 aliphatic carbocycles. The third kappa shape index (κ3) is 4.33. The topological polar surface area (TPSA) is 105 Å². The second-order valence-corrected chi connectivity index (χ2v) is 6.38. The van der Waals surface area contributed by atoms with Crippen LogP contribution in [-0.4, -0.2) is 41.5 Å². The summed E-state index contributed by atoms with van der Waals surface area (Å²) < 4.78 is 26.6. The Hall–Kier alpha value is -1.80. The Labute approximate surface area is 125 Å². The van der Waals surface area contributed by atoms with Gasteiger partial charge in [-0.3, -0.25) is 4.79 Å². The Bertz CT molecular complexity index is 601. The van der Waals surface area contributed by atoms with Crippen molar-refractivity contribution in [3.63, 3.8) is 0 Å². The van der Waals surface area contributed by atoms with Crippen LogP contribution in [0.5, 0.6) is 0 Å². The van der Waals surface area contributed by atoms with Crippen molar-refractivity contribution in [2.45, 2.75) is 18.2 Å². The summed E-state index contributed by atoms with van der Waals surface area (Å²) in [7, 11) is -0.780. The molecule has 0 spiro atoms. The summed E-state index contributed by atoms with van der Waals surface area (Å²) in [6.45, 7) is 2.60. The Morgan fingerprint density at radius 2 is 2.00 bits per heavy atom. The largest absolute Gasteiger partial charge is 0.399 e. The standard InChI is InChI=1S/C13H22N4O3S/c1-4-7-17(9-13(18)15-2)11-6-5-10(14)8-12(11)21(19,20)16-3/h5-6,8,16H,4,7,9,14H2,1-3H3,(H,15,18). The fourth-order valence-electron chi connectivity index (χ4n) is 1.92. The minimum atomic E-state index is -3.66. The van der Waals surface area contributed by atoms with Gasteiger partial charge < -0.3 is 16.0 Å². The van der Waals surface area contributed by atoms with Gasteiger partial charge in [-0.15, -0.1) is 0 Å². The van der Waals surface area contributed by atoms with Crippen LogP contribution in [0.15, 0.2) is 23.1 Å². The summed E-state index contributed by atoms with van der Waals surface area (Å²) >= 11 is 0. The second-order valence-electron chi connectivity index (χ2n) is 4.53. The van der Waals surface area contributed by atoms with Gasteiger partial charge in [0.05, 0.1) is 12.2 Å². The lowest BCUT2D eigenvalue weighted by molar-refractivity contribution is -0.119. The average molecular weight is 314 g/mol. The van der Waals surface area contributed by atoms with Crippen molar-refractivity contribution in [3.05, 3.63) is 18.2 Å². The molecule has 1 aromatic rings. The first kappa shape index (κ1) is 17.3. The molecule has 0 saturated carbocycles. The molecule has 1 amide bonds. The van der Waals surface area contributed by atoms with Gasteiger partial charge in [0.2, 0.25) is 15.9 Å². The first-order valence-corrected chi connectivity index (χ1v) is 8.12. The predicted octanol–water partition coefficient (Wildman–Crippen LogP) is 0.139. The SMILES string of the molecule is CCCN(CC(=O)NC)c1ccc(N)cc1S(=O)(=O)NC. The lowest BCUT2D eigenvalue weighted by Crippen LogP contribution is -2.37. The van der Waals surface area contributed by atoms with Crippen molar-refractivity contribution in [3.8, 4) is 0 Å².